The fraction of sp³-hybridized carbons (Fsp3) is 0.500. The molecule has 1 unspecified atom stereocenters. The minimum atomic E-state index is -0.759. The van der Waals surface area contributed by atoms with Crippen LogP contribution in [0.15, 0.2) is 18.2 Å². The van der Waals surface area contributed by atoms with Crippen LogP contribution in [0.2, 0.25) is 0 Å². The number of methoxy groups -OCH3 is 2. The Morgan fingerprint density at radius 1 is 1.39 bits per heavy atom. The summed E-state index contributed by atoms with van der Waals surface area (Å²) in [5.74, 6) is 1.20. The second-order valence-electron chi connectivity index (χ2n) is 4.65. The standard InChI is InChI=1S/C14H18O4/c1-17-10-5-6-11(13(7-10)18-2)12(8-14(15)16)9-3-4-9/h5-7,9,12H,3-4,8H2,1-2H3,(H,15,16). The summed E-state index contributed by atoms with van der Waals surface area (Å²) in [6.07, 6.45) is 2.37. The first kappa shape index (κ1) is 12.7. The summed E-state index contributed by atoms with van der Waals surface area (Å²) in [4.78, 5) is 11.0. The number of carboxylic acid groups (broad SMARTS) is 1. The van der Waals surface area contributed by atoms with Crippen LogP contribution in [0, 0.1) is 5.92 Å². The normalized spacial score (nSPS) is 16.1. The van der Waals surface area contributed by atoms with Crippen LogP contribution in [0.4, 0.5) is 0 Å². The van der Waals surface area contributed by atoms with E-state index in [1.807, 2.05) is 18.2 Å². The zero-order chi connectivity index (χ0) is 13.1. The summed E-state index contributed by atoms with van der Waals surface area (Å²) >= 11 is 0. The van der Waals surface area contributed by atoms with Crippen molar-refractivity contribution in [2.45, 2.75) is 25.2 Å². The van der Waals surface area contributed by atoms with Gasteiger partial charge in [-0.15, -0.1) is 0 Å². The van der Waals surface area contributed by atoms with Crippen molar-refractivity contribution < 1.29 is 19.4 Å². The molecule has 1 N–H and O–H groups in total. The number of hydrogen-bond donors (Lipinski definition) is 1. The monoisotopic (exact) mass is 250 g/mol. The molecule has 98 valence electrons. The molecule has 1 aliphatic rings. The van der Waals surface area contributed by atoms with Crippen molar-refractivity contribution in [2.24, 2.45) is 5.92 Å². The van der Waals surface area contributed by atoms with Gasteiger partial charge in [0.15, 0.2) is 0 Å². The number of carbonyl (C=O) groups is 1. The van der Waals surface area contributed by atoms with Crippen molar-refractivity contribution in [3.63, 3.8) is 0 Å². The number of aliphatic carboxylic acids is 1. The largest absolute Gasteiger partial charge is 0.497 e. The Hall–Kier alpha value is -1.71. The summed E-state index contributed by atoms with van der Waals surface area (Å²) in [6.45, 7) is 0. The summed E-state index contributed by atoms with van der Waals surface area (Å²) in [7, 11) is 3.20. The molecule has 1 aromatic carbocycles. The molecule has 0 bridgehead atoms. The number of rotatable bonds is 6. The van der Waals surface area contributed by atoms with E-state index in [9.17, 15) is 4.79 Å². The third-order valence-electron chi connectivity index (χ3n) is 3.43. The number of benzene rings is 1. The van der Waals surface area contributed by atoms with Gasteiger partial charge in [0.2, 0.25) is 0 Å². The van der Waals surface area contributed by atoms with Crippen LogP contribution in [0.3, 0.4) is 0 Å². The molecule has 1 saturated carbocycles. The number of hydrogen-bond acceptors (Lipinski definition) is 3. The summed E-state index contributed by atoms with van der Waals surface area (Å²) in [5.41, 5.74) is 0.975. The second kappa shape index (κ2) is 5.29. The Morgan fingerprint density at radius 2 is 2.11 bits per heavy atom. The first-order valence-corrected chi connectivity index (χ1v) is 6.09. The van der Waals surface area contributed by atoms with E-state index in [-0.39, 0.29) is 12.3 Å². The highest BCUT2D eigenvalue weighted by molar-refractivity contribution is 5.68. The van der Waals surface area contributed by atoms with Gasteiger partial charge >= 0.3 is 5.97 Å². The molecular weight excluding hydrogens is 232 g/mol. The van der Waals surface area contributed by atoms with E-state index < -0.39 is 5.97 Å². The Balaban J connectivity index is 2.31. The quantitative estimate of drug-likeness (QED) is 0.843. The van der Waals surface area contributed by atoms with E-state index in [0.717, 1.165) is 24.2 Å². The maximum atomic E-state index is 11.0. The van der Waals surface area contributed by atoms with Crippen LogP contribution in [-0.4, -0.2) is 25.3 Å². The number of carboxylic acids is 1. The molecule has 0 spiro atoms. The van der Waals surface area contributed by atoms with Crippen molar-refractivity contribution in [1.29, 1.82) is 0 Å². The van der Waals surface area contributed by atoms with E-state index in [2.05, 4.69) is 0 Å². The number of ether oxygens (including phenoxy) is 2. The predicted molar refractivity (Wildman–Crippen MR) is 67.3 cm³/mol. The second-order valence-corrected chi connectivity index (χ2v) is 4.65. The smallest absolute Gasteiger partial charge is 0.303 e. The molecule has 1 fully saturated rings. The summed E-state index contributed by atoms with van der Waals surface area (Å²) < 4.78 is 10.5. The highest BCUT2D eigenvalue weighted by atomic mass is 16.5. The molecule has 1 aromatic rings. The molecule has 2 rings (SSSR count). The Bertz CT molecular complexity index is 437. The molecule has 1 atom stereocenters. The van der Waals surface area contributed by atoms with Gasteiger partial charge in [0.1, 0.15) is 11.5 Å². The lowest BCUT2D eigenvalue weighted by Crippen LogP contribution is -2.09. The van der Waals surface area contributed by atoms with E-state index in [1.54, 1.807) is 14.2 Å². The Morgan fingerprint density at radius 3 is 2.61 bits per heavy atom. The van der Waals surface area contributed by atoms with Crippen molar-refractivity contribution in [3.05, 3.63) is 23.8 Å². The van der Waals surface area contributed by atoms with Crippen molar-refractivity contribution in [2.75, 3.05) is 14.2 Å². The van der Waals surface area contributed by atoms with E-state index in [4.69, 9.17) is 14.6 Å². The Labute approximate surface area is 107 Å². The molecule has 0 saturated heterocycles. The molecule has 18 heavy (non-hydrogen) atoms. The maximum absolute atomic E-state index is 11.0. The minimum absolute atomic E-state index is 0.0448. The Kier molecular flexibility index (Phi) is 3.75. The van der Waals surface area contributed by atoms with Gasteiger partial charge < -0.3 is 14.6 Å². The first-order chi connectivity index (χ1) is 8.65. The average Bonchev–Trinajstić information content (AvgIpc) is 3.19. The van der Waals surface area contributed by atoms with Crippen LogP contribution < -0.4 is 9.47 Å². The van der Waals surface area contributed by atoms with Crippen LogP contribution in [0.5, 0.6) is 11.5 Å². The van der Waals surface area contributed by atoms with Gasteiger partial charge in [-0.3, -0.25) is 4.79 Å². The highest BCUT2D eigenvalue weighted by Crippen LogP contribution is 2.47. The molecule has 0 aliphatic heterocycles. The lowest BCUT2D eigenvalue weighted by atomic mass is 9.90. The zero-order valence-electron chi connectivity index (χ0n) is 10.7. The molecule has 0 radical (unpaired) electrons. The molecule has 0 amide bonds. The minimum Gasteiger partial charge on any atom is -0.497 e. The van der Waals surface area contributed by atoms with E-state index >= 15 is 0 Å². The van der Waals surface area contributed by atoms with Gasteiger partial charge in [-0.2, -0.15) is 0 Å². The van der Waals surface area contributed by atoms with E-state index in [0.29, 0.717) is 11.7 Å². The zero-order valence-corrected chi connectivity index (χ0v) is 10.7. The average molecular weight is 250 g/mol. The third-order valence-corrected chi connectivity index (χ3v) is 3.43. The molecule has 4 heteroatoms. The van der Waals surface area contributed by atoms with Gasteiger partial charge in [-0.05, 0) is 30.4 Å². The molecule has 4 nitrogen and oxygen atoms in total. The van der Waals surface area contributed by atoms with Gasteiger partial charge in [0.05, 0.1) is 20.6 Å². The highest BCUT2D eigenvalue weighted by Gasteiger charge is 2.35. The fourth-order valence-electron chi connectivity index (χ4n) is 2.34. The van der Waals surface area contributed by atoms with Crippen LogP contribution in [0.25, 0.3) is 0 Å². The predicted octanol–water partition coefficient (Wildman–Crippen LogP) is 2.67. The lowest BCUT2D eigenvalue weighted by molar-refractivity contribution is -0.137. The third kappa shape index (κ3) is 2.75. The van der Waals surface area contributed by atoms with E-state index in [1.165, 1.54) is 0 Å². The fourth-order valence-corrected chi connectivity index (χ4v) is 2.34. The van der Waals surface area contributed by atoms with Crippen molar-refractivity contribution in [3.8, 4) is 11.5 Å². The van der Waals surface area contributed by atoms with Gasteiger partial charge in [0, 0.05) is 12.0 Å². The molecule has 0 aromatic heterocycles. The topological polar surface area (TPSA) is 55.8 Å². The van der Waals surface area contributed by atoms with Crippen molar-refractivity contribution >= 4 is 5.97 Å². The first-order valence-electron chi connectivity index (χ1n) is 6.09. The maximum Gasteiger partial charge on any atom is 0.303 e. The van der Waals surface area contributed by atoms with Gasteiger partial charge in [-0.25, -0.2) is 0 Å². The van der Waals surface area contributed by atoms with Gasteiger partial charge in [-0.1, -0.05) is 6.07 Å². The molecule has 0 heterocycles. The molecular formula is C14H18O4. The summed E-state index contributed by atoms with van der Waals surface area (Å²) in [6, 6.07) is 5.59. The van der Waals surface area contributed by atoms with Crippen LogP contribution in [-0.2, 0) is 4.79 Å². The SMILES string of the molecule is COc1ccc(C(CC(=O)O)C2CC2)c(OC)c1. The van der Waals surface area contributed by atoms with Crippen LogP contribution in [0.1, 0.15) is 30.7 Å². The van der Waals surface area contributed by atoms with Crippen LogP contribution >= 0.6 is 0 Å². The lowest BCUT2D eigenvalue weighted by Gasteiger charge is -2.18. The molecule has 1 aliphatic carbocycles. The van der Waals surface area contributed by atoms with Gasteiger partial charge in [0.25, 0.3) is 0 Å². The van der Waals surface area contributed by atoms with Crippen molar-refractivity contribution in [1.82, 2.24) is 0 Å². The summed E-state index contributed by atoms with van der Waals surface area (Å²) in [5, 5.41) is 9.02.